The Bertz CT molecular complexity index is 1100. The molecule has 7 atom stereocenters. The number of allylic oxidation sites excluding steroid dienone is 4. The van der Waals surface area contributed by atoms with Gasteiger partial charge in [0.15, 0.2) is 22.4 Å². The van der Waals surface area contributed by atoms with E-state index in [1.807, 2.05) is 6.08 Å². The van der Waals surface area contributed by atoms with Crippen LogP contribution in [0.4, 0.5) is 0 Å². The van der Waals surface area contributed by atoms with Crippen LogP contribution in [-0.2, 0) is 23.3 Å². The highest BCUT2D eigenvalue weighted by Gasteiger charge is 2.69. The molecule has 4 aliphatic carbocycles. The lowest BCUT2D eigenvalue weighted by Crippen LogP contribution is -2.64. The number of rotatable bonds is 8. The smallest absolute Gasteiger partial charge is 0.185 e. The van der Waals surface area contributed by atoms with Gasteiger partial charge in [0.25, 0.3) is 0 Å². The molecule has 0 spiro atoms. The molecule has 0 aromatic rings. The summed E-state index contributed by atoms with van der Waals surface area (Å²) >= 11 is 0. The van der Waals surface area contributed by atoms with E-state index in [0.29, 0.717) is 24.4 Å². The summed E-state index contributed by atoms with van der Waals surface area (Å²) in [5.74, 6) is 1.35. The first-order chi connectivity index (χ1) is 18.0. The number of carbonyl (C=O) groups is 1. The van der Waals surface area contributed by atoms with Crippen molar-refractivity contribution in [1.29, 1.82) is 0 Å². The maximum absolute atomic E-state index is 12.4. The highest BCUT2D eigenvalue weighted by molar-refractivity contribution is 6.70. The monoisotopic (exact) mass is 574 g/mol. The number of carbonyl (C=O) groups excluding carboxylic acids is 1. The molecule has 0 radical (unpaired) electrons. The van der Waals surface area contributed by atoms with E-state index in [2.05, 4.69) is 71.3 Å². The van der Waals surface area contributed by atoms with Crippen molar-refractivity contribution in [2.24, 2.45) is 44.8 Å². The van der Waals surface area contributed by atoms with Gasteiger partial charge in [0.1, 0.15) is 25.5 Å². The number of ketones is 1. The maximum Gasteiger partial charge on any atom is 0.185 e. The van der Waals surface area contributed by atoms with Crippen LogP contribution >= 0.6 is 0 Å². The maximum atomic E-state index is 12.4. The van der Waals surface area contributed by atoms with E-state index in [1.54, 1.807) is 20.3 Å². The fourth-order valence-electron chi connectivity index (χ4n) is 8.52. The van der Waals surface area contributed by atoms with Crippen LogP contribution in [0, 0.1) is 34.5 Å². The minimum absolute atomic E-state index is 0.0879. The quantitative estimate of drug-likeness (QED) is 0.185. The summed E-state index contributed by atoms with van der Waals surface area (Å²) in [6, 6.07) is 0. The molecule has 4 rings (SSSR count). The predicted molar refractivity (Wildman–Crippen MR) is 162 cm³/mol. The van der Waals surface area contributed by atoms with Gasteiger partial charge in [-0.25, -0.2) is 0 Å². The normalized spacial score (nSPS) is 39.7. The van der Waals surface area contributed by atoms with Crippen molar-refractivity contribution >= 4 is 33.8 Å². The van der Waals surface area contributed by atoms with Crippen molar-refractivity contribution in [2.75, 3.05) is 20.8 Å². The molecule has 39 heavy (non-hydrogen) atoms. The SMILES string of the molecule is CO/N=C1\CC2(C)C(CC[C@]2(O[Si](C)(C)C)/C(CO[Si](C)(C)C)=N/OC)C2C[C@H](C)C3=CC(=O)C=CC3(C)C12. The molecule has 0 bridgehead atoms. The second-order valence-corrected chi connectivity index (χ2v) is 23.5. The van der Waals surface area contributed by atoms with Crippen molar-refractivity contribution in [1.82, 2.24) is 0 Å². The lowest BCUT2D eigenvalue weighted by molar-refractivity contribution is -0.111. The molecule has 0 N–H and O–H groups in total. The van der Waals surface area contributed by atoms with Gasteiger partial charge in [0, 0.05) is 16.7 Å². The van der Waals surface area contributed by atoms with E-state index < -0.39 is 22.2 Å². The number of hydrogen-bond donors (Lipinski definition) is 0. The molecule has 7 nitrogen and oxygen atoms in total. The van der Waals surface area contributed by atoms with Crippen LogP contribution in [0.2, 0.25) is 39.3 Å². The first kappa shape index (κ1) is 30.4. The molecular formula is C30H50N2O5Si2. The van der Waals surface area contributed by atoms with Gasteiger partial charge in [-0.2, -0.15) is 0 Å². The third-order valence-corrected chi connectivity index (χ3v) is 11.7. The Balaban J connectivity index is 1.88. The third kappa shape index (κ3) is 5.29. The number of nitrogens with zero attached hydrogens (tertiary/aromatic N) is 2. The minimum Gasteiger partial charge on any atom is -0.412 e. The summed E-state index contributed by atoms with van der Waals surface area (Å²) in [6.45, 7) is 20.8. The minimum atomic E-state index is -2.04. The van der Waals surface area contributed by atoms with Crippen LogP contribution in [0.3, 0.4) is 0 Å². The molecule has 3 saturated carbocycles. The Labute approximate surface area is 237 Å². The first-order valence-corrected chi connectivity index (χ1v) is 21.3. The largest absolute Gasteiger partial charge is 0.412 e. The van der Waals surface area contributed by atoms with Crippen LogP contribution in [-0.4, -0.2) is 60.3 Å². The number of hydrogen-bond acceptors (Lipinski definition) is 7. The Morgan fingerprint density at radius 1 is 1.08 bits per heavy atom. The molecule has 0 heterocycles. The van der Waals surface area contributed by atoms with Gasteiger partial charge in [-0.05, 0) is 94.9 Å². The van der Waals surface area contributed by atoms with Crippen LogP contribution in [0.5, 0.6) is 0 Å². The van der Waals surface area contributed by atoms with Gasteiger partial charge in [0.2, 0.25) is 0 Å². The Hall–Kier alpha value is -1.56. The molecule has 5 unspecified atom stereocenters. The van der Waals surface area contributed by atoms with E-state index in [-0.39, 0.29) is 22.5 Å². The van der Waals surface area contributed by atoms with E-state index in [9.17, 15) is 4.79 Å². The van der Waals surface area contributed by atoms with Crippen molar-refractivity contribution in [3.63, 3.8) is 0 Å². The molecule has 0 aromatic heterocycles. The second kappa shape index (κ2) is 10.4. The van der Waals surface area contributed by atoms with Crippen LogP contribution in [0.25, 0.3) is 0 Å². The van der Waals surface area contributed by atoms with Gasteiger partial charge < -0.3 is 18.5 Å². The number of oxime groups is 2. The zero-order valence-electron chi connectivity index (χ0n) is 26.0. The topological polar surface area (TPSA) is 78.7 Å². The van der Waals surface area contributed by atoms with Crippen LogP contribution in [0.15, 0.2) is 34.1 Å². The number of fused-ring (bicyclic) bond motifs is 5. The Kier molecular flexibility index (Phi) is 8.08. The molecule has 0 aliphatic heterocycles. The average molecular weight is 575 g/mol. The summed E-state index contributed by atoms with van der Waals surface area (Å²) in [4.78, 5) is 23.5. The fraction of sp³-hybridized carbons (Fsp3) is 0.767. The van der Waals surface area contributed by atoms with E-state index in [4.69, 9.17) is 23.7 Å². The average Bonchev–Trinajstić information content (AvgIpc) is 3.08. The molecule has 218 valence electrons. The second-order valence-electron chi connectivity index (χ2n) is 14.6. The molecular weight excluding hydrogens is 525 g/mol. The van der Waals surface area contributed by atoms with Crippen molar-refractivity contribution in [3.05, 3.63) is 23.8 Å². The lowest BCUT2D eigenvalue weighted by Gasteiger charge is -2.60. The van der Waals surface area contributed by atoms with Gasteiger partial charge in [-0.1, -0.05) is 42.7 Å². The fourth-order valence-corrected chi connectivity index (χ4v) is 10.6. The third-order valence-electron chi connectivity index (χ3n) is 9.72. The van der Waals surface area contributed by atoms with Gasteiger partial charge >= 0.3 is 0 Å². The molecule has 3 fully saturated rings. The van der Waals surface area contributed by atoms with Crippen molar-refractivity contribution in [3.8, 4) is 0 Å². The lowest BCUT2D eigenvalue weighted by atomic mass is 9.45. The highest BCUT2D eigenvalue weighted by Crippen LogP contribution is 2.68. The van der Waals surface area contributed by atoms with Gasteiger partial charge in [-0.3, -0.25) is 4.79 Å². The van der Waals surface area contributed by atoms with E-state index >= 15 is 0 Å². The van der Waals surface area contributed by atoms with Crippen LogP contribution < -0.4 is 0 Å². The summed E-state index contributed by atoms with van der Waals surface area (Å²) in [7, 11) is -0.606. The summed E-state index contributed by atoms with van der Waals surface area (Å²) in [5.41, 5.74) is 2.02. The Morgan fingerprint density at radius 3 is 2.36 bits per heavy atom. The highest BCUT2D eigenvalue weighted by atomic mass is 28.4. The van der Waals surface area contributed by atoms with E-state index in [1.165, 1.54) is 5.57 Å². The zero-order valence-corrected chi connectivity index (χ0v) is 28.0. The summed E-state index contributed by atoms with van der Waals surface area (Å²) < 4.78 is 13.8. The zero-order chi connectivity index (χ0) is 29.0. The first-order valence-electron chi connectivity index (χ1n) is 14.5. The summed E-state index contributed by atoms with van der Waals surface area (Å²) in [5, 5.41) is 9.40. The van der Waals surface area contributed by atoms with Crippen molar-refractivity contribution in [2.45, 2.75) is 91.3 Å². The molecule has 9 heteroatoms. The van der Waals surface area contributed by atoms with E-state index in [0.717, 1.165) is 37.1 Å². The standard InChI is InChI=1S/C30H50N2O5Si2/c1-20-16-22-23-13-15-30(37-39(9,10)11,26(32-35-5)19-36-38(6,7)8)29(23,3)18-25(31-34-4)27(22)28(2)14-12-21(33)17-24(20)28/h12,14,17,20,22-23,27H,13,15-16,18-19H2,1-11H3/b31-25+,32-26+/t20-,22?,23?,27?,28?,29?,30-/m0/s1. The molecule has 4 aliphatic rings. The molecule has 0 amide bonds. The predicted octanol–water partition coefficient (Wildman–Crippen LogP) is 6.60. The Morgan fingerprint density at radius 2 is 1.77 bits per heavy atom. The molecule has 0 saturated heterocycles. The van der Waals surface area contributed by atoms with Gasteiger partial charge in [-0.15, -0.1) is 0 Å². The molecule has 0 aromatic carbocycles. The summed E-state index contributed by atoms with van der Waals surface area (Å²) in [6.07, 6.45) is 9.45. The van der Waals surface area contributed by atoms with Crippen molar-refractivity contribution < 1.29 is 23.3 Å². The van der Waals surface area contributed by atoms with Gasteiger partial charge in [0.05, 0.1) is 12.3 Å². The van der Waals surface area contributed by atoms with Crippen LogP contribution in [0.1, 0.15) is 46.5 Å².